The molecular formula is C17H35N5O3. The molecule has 2 N–H and O–H groups in total. The van der Waals surface area contributed by atoms with E-state index in [4.69, 9.17) is 9.47 Å². The average molecular weight is 357 g/mol. The van der Waals surface area contributed by atoms with Gasteiger partial charge in [0.05, 0.1) is 6.61 Å². The second-order valence-electron chi connectivity index (χ2n) is 7.08. The summed E-state index contributed by atoms with van der Waals surface area (Å²) in [7, 11) is 3.44. The highest BCUT2D eigenvalue weighted by Crippen LogP contribution is 2.11. The van der Waals surface area contributed by atoms with Gasteiger partial charge in [0.2, 0.25) is 0 Å². The van der Waals surface area contributed by atoms with Crippen molar-refractivity contribution in [3.05, 3.63) is 0 Å². The van der Waals surface area contributed by atoms with Crippen molar-refractivity contribution in [3.63, 3.8) is 0 Å². The van der Waals surface area contributed by atoms with Crippen LogP contribution in [0.1, 0.15) is 27.2 Å². The predicted molar refractivity (Wildman–Crippen MR) is 100 cm³/mol. The van der Waals surface area contributed by atoms with Gasteiger partial charge < -0.3 is 25.0 Å². The number of guanidine groups is 1. The molecule has 0 aliphatic carbocycles. The van der Waals surface area contributed by atoms with Gasteiger partial charge >= 0.3 is 6.09 Å². The summed E-state index contributed by atoms with van der Waals surface area (Å²) in [6.45, 7) is 12.2. The van der Waals surface area contributed by atoms with E-state index in [2.05, 4.69) is 20.5 Å². The van der Waals surface area contributed by atoms with Crippen LogP contribution in [0.25, 0.3) is 0 Å². The van der Waals surface area contributed by atoms with E-state index in [1.54, 1.807) is 19.1 Å². The molecule has 0 unspecified atom stereocenters. The summed E-state index contributed by atoms with van der Waals surface area (Å²) < 4.78 is 10.4. The molecule has 0 spiro atoms. The second-order valence-corrected chi connectivity index (χ2v) is 7.08. The summed E-state index contributed by atoms with van der Waals surface area (Å²) in [6.07, 6.45) is 0.817. The Kier molecular flexibility index (Phi) is 9.59. The van der Waals surface area contributed by atoms with Gasteiger partial charge in [-0.1, -0.05) is 0 Å². The van der Waals surface area contributed by atoms with Crippen LogP contribution in [-0.2, 0) is 9.47 Å². The molecule has 146 valence electrons. The van der Waals surface area contributed by atoms with Crippen molar-refractivity contribution in [1.82, 2.24) is 20.4 Å². The fourth-order valence-electron chi connectivity index (χ4n) is 2.48. The third kappa shape index (κ3) is 9.50. The summed E-state index contributed by atoms with van der Waals surface area (Å²) >= 11 is 0. The van der Waals surface area contributed by atoms with Crippen molar-refractivity contribution >= 4 is 12.1 Å². The number of amides is 1. The van der Waals surface area contributed by atoms with Crippen molar-refractivity contribution in [1.29, 1.82) is 0 Å². The van der Waals surface area contributed by atoms with Crippen LogP contribution in [0.4, 0.5) is 4.79 Å². The maximum absolute atomic E-state index is 12.0. The first-order valence-corrected chi connectivity index (χ1v) is 8.99. The molecule has 1 aliphatic rings. The normalized spacial score (nSPS) is 16.7. The van der Waals surface area contributed by atoms with Gasteiger partial charge in [0.25, 0.3) is 0 Å². The SMILES string of the molecule is CN=C(NCCCN1CCN(C(=O)OC(C)(C)C)CC1)NCCOC. The van der Waals surface area contributed by atoms with Crippen molar-refractivity contribution in [2.75, 3.05) is 66.6 Å². The standard InChI is InChI=1S/C17H35N5O3/c1-17(2,3)25-16(23)22-12-10-21(11-13-22)9-6-7-19-15(18-4)20-8-14-24-5/h6-14H2,1-5H3,(H2,18,19,20). The molecule has 1 heterocycles. The van der Waals surface area contributed by atoms with Gasteiger partial charge in [0.1, 0.15) is 5.60 Å². The molecule has 0 radical (unpaired) electrons. The van der Waals surface area contributed by atoms with Crippen molar-refractivity contribution in [3.8, 4) is 0 Å². The van der Waals surface area contributed by atoms with Crippen molar-refractivity contribution < 1.29 is 14.3 Å². The molecule has 1 fully saturated rings. The van der Waals surface area contributed by atoms with Crippen LogP contribution >= 0.6 is 0 Å². The lowest BCUT2D eigenvalue weighted by molar-refractivity contribution is 0.0145. The molecule has 8 heteroatoms. The largest absolute Gasteiger partial charge is 0.444 e. The molecule has 1 amide bonds. The molecule has 1 aliphatic heterocycles. The third-order valence-electron chi connectivity index (χ3n) is 3.79. The van der Waals surface area contributed by atoms with Crippen LogP contribution in [0, 0.1) is 0 Å². The van der Waals surface area contributed by atoms with Crippen LogP contribution in [0.2, 0.25) is 0 Å². The molecule has 0 aromatic heterocycles. The van der Waals surface area contributed by atoms with Gasteiger partial charge in [-0.15, -0.1) is 0 Å². The van der Waals surface area contributed by atoms with Crippen LogP contribution in [0.5, 0.6) is 0 Å². The first-order chi connectivity index (χ1) is 11.9. The van der Waals surface area contributed by atoms with Gasteiger partial charge in [-0.05, 0) is 33.7 Å². The Hall–Kier alpha value is -1.54. The molecule has 0 bridgehead atoms. The van der Waals surface area contributed by atoms with E-state index in [1.165, 1.54) is 0 Å². The minimum absolute atomic E-state index is 0.209. The number of ether oxygens (including phenoxy) is 2. The number of nitrogens with zero attached hydrogens (tertiary/aromatic N) is 3. The maximum atomic E-state index is 12.0. The zero-order valence-corrected chi connectivity index (χ0v) is 16.4. The molecular weight excluding hydrogens is 322 g/mol. The topological polar surface area (TPSA) is 78.4 Å². The van der Waals surface area contributed by atoms with Gasteiger partial charge in [-0.25, -0.2) is 4.79 Å². The Morgan fingerprint density at radius 1 is 1.12 bits per heavy atom. The van der Waals surface area contributed by atoms with E-state index in [-0.39, 0.29) is 6.09 Å². The van der Waals surface area contributed by atoms with Gasteiger partial charge in [-0.3, -0.25) is 9.89 Å². The molecule has 1 rings (SSSR count). The van der Waals surface area contributed by atoms with Crippen LogP contribution in [0.3, 0.4) is 0 Å². The van der Waals surface area contributed by atoms with E-state index < -0.39 is 5.60 Å². The minimum Gasteiger partial charge on any atom is -0.444 e. The predicted octanol–water partition coefficient (Wildman–Crippen LogP) is 0.741. The molecule has 25 heavy (non-hydrogen) atoms. The summed E-state index contributed by atoms with van der Waals surface area (Å²) in [4.78, 5) is 20.4. The number of nitrogens with one attached hydrogen (secondary N) is 2. The van der Waals surface area contributed by atoms with E-state index in [9.17, 15) is 4.79 Å². The fourth-order valence-corrected chi connectivity index (χ4v) is 2.48. The first-order valence-electron chi connectivity index (χ1n) is 8.99. The lowest BCUT2D eigenvalue weighted by atomic mass is 10.2. The summed E-state index contributed by atoms with van der Waals surface area (Å²) in [5.74, 6) is 0.798. The first kappa shape index (κ1) is 21.5. The maximum Gasteiger partial charge on any atom is 0.410 e. The highest BCUT2D eigenvalue weighted by atomic mass is 16.6. The van der Waals surface area contributed by atoms with Gasteiger partial charge in [0.15, 0.2) is 5.96 Å². The van der Waals surface area contributed by atoms with Gasteiger partial charge in [0, 0.05) is 53.4 Å². The summed E-state index contributed by atoms with van der Waals surface area (Å²) in [5, 5.41) is 6.48. The molecule has 8 nitrogen and oxygen atoms in total. The fraction of sp³-hybridized carbons (Fsp3) is 0.882. The number of aliphatic imine (C=N–C) groups is 1. The van der Waals surface area contributed by atoms with Crippen molar-refractivity contribution in [2.45, 2.75) is 32.8 Å². The average Bonchev–Trinajstić information content (AvgIpc) is 2.56. The van der Waals surface area contributed by atoms with Crippen LogP contribution in [-0.4, -0.2) is 94.0 Å². The minimum atomic E-state index is -0.435. The molecule has 0 aromatic carbocycles. The third-order valence-corrected chi connectivity index (χ3v) is 3.79. The van der Waals surface area contributed by atoms with Crippen LogP contribution in [0.15, 0.2) is 4.99 Å². The smallest absolute Gasteiger partial charge is 0.410 e. The summed E-state index contributed by atoms with van der Waals surface area (Å²) in [5.41, 5.74) is -0.435. The Bertz CT molecular complexity index is 415. The van der Waals surface area contributed by atoms with Gasteiger partial charge in [-0.2, -0.15) is 0 Å². The molecule has 0 saturated carbocycles. The molecule has 0 aromatic rings. The Morgan fingerprint density at radius 2 is 1.76 bits per heavy atom. The Labute approximate surface area is 151 Å². The number of hydrogen-bond donors (Lipinski definition) is 2. The lowest BCUT2D eigenvalue weighted by Crippen LogP contribution is -2.50. The molecule has 0 atom stereocenters. The Balaban J connectivity index is 2.15. The number of piperazine rings is 1. The summed E-state index contributed by atoms with van der Waals surface area (Å²) in [6, 6.07) is 0. The number of rotatable bonds is 7. The van der Waals surface area contributed by atoms with E-state index >= 15 is 0 Å². The zero-order valence-electron chi connectivity index (χ0n) is 16.4. The highest BCUT2D eigenvalue weighted by Gasteiger charge is 2.25. The molecule has 1 saturated heterocycles. The zero-order chi connectivity index (χ0) is 18.7. The van der Waals surface area contributed by atoms with Crippen molar-refractivity contribution in [2.24, 2.45) is 4.99 Å². The van der Waals surface area contributed by atoms with E-state index in [0.717, 1.165) is 58.2 Å². The monoisotopic (exact) mass is 357 g/mol. The number of methoxy groups -OCH3 is 1. The second kappa shape index (κ2) is 11.1. The van der Waals surface area contributed by atoms with E-state index in [0.29, 0.717) is 6.61 Å². The van der Waals surface area contributed by atoms with E-state index in [1.807, 2.05) is 20.8 Å². The number of carbonyl (C=O) groups is 1. The Morgan fingerprint density at radius 3 is 2.32 bits per heavy atom. The number of hydrogen-bond acceptors (Lipinski definition) is 5. The highest BCUT2D eigenvalue weighted by molar-refractivity contribution is 5.79. The quantitative estimate of drug-likeness (QED) is 0.398. The van der Waals surface area contributed by atoms with Crippen LogP contribution < -0.4 is 10.6 Å². The number of carbonyl (C=O) groups excluding carboxylic acids is 1. The lowest BCUT2D eigenvalue weighted by Gasteiger charge is -2.35.